The van der Waals surface area contributed by atoms with Gasteiger partial charge in [-0.3, -0.25) is 30.5 Å². The molecule has 1 aromatic carbocycles. The summed E-state index contributed by atoms with van der Waals surface area (Å²) in [7, 11) is 0. The predicted molar refractivity (Wildman–Crippen MR) is 129 cm³/mol. The third-order valence-corrected chi connectivity index (χ3v) is 4.59. The Hall–Kier alpha value is -2.56. The summed E-state index contributed by atoms with van der Waals surface area (Å²) < 4.78 is 14.9. The number of hydrogen-bond donors (Lipinski definition) is 9. The highest BCUT2D eigenvalue weighted by Crippen LogP contribution is 2.12. The lowest BCUT2D eigenvalue weighted by Crippen LogP contribution is -2.68. The fourth-order valence-corrected chi connectivity index (χ4v) is 2.95. The first-order valence-electron chi connectivity index (χ1n) is 8.94. The molecule has 2 rings (SSSR count). The third-order valence-electron chi connectivity index (χ3n) is 4.02. The Morgan fingerprint density at radius 3 is 2.53 bits per heavy atom. The largest absolute Gasteiger partial charge is 0.491 e. The smallest absolute Gasteiger partial charge is 0.272 e. The van der Waals surface area contributed by atoms with E-state index in [1.807, 2.05) is 0 Å². The zero-order chi connectivity index (χ0) is 24.1. The van der Waals surface area contributed by atoms with Crippen LogP contribution in [-0.2, 0) is 14.4 Å². The molecule has 0 radical (unpaired) electrons. The second-order valence-electron chi connectivity index (χ2n) is 6.11. The van der Waals surface area contributed by atoms with Crippen LogP contribution in [0.3, 0.4) is 0 Å². The van der Waals surface area contributed by atoms with Gasteiger partial charge in [0.05, 0.1) is 11.7 Å². The number of carbonyl (C=O) groups is 2. The molecule has 10 N–H and O–H groups in total. The standard InChI is InChI=1S/C17H23N7O4S2.H2OS/c1-9-13(16(25)21-9)22-17(26)14(12(8-29)24-30-20)23-28-7-6-27-11-4-2-10(3-5-11)15(18)19;1-2/h2-5,8-9,13,23-24H,6-7,20H2,1H3,(H3,18,19)(H,21,25)(H,22,26);1-2H/b14-12-;/t9-,13+;/m1./s1. The second-order valence-corrected chi connectivity index (χ2v) is 6.79. The van der Waals surface area contributed by atoms with Crippen molar-refractivity contribution in [2.75, 3.05) is 13.2 Å². The molecule has 32 heavy (non-hydrogen) atoms. The van der Waals surface area contributed by atoms with Crippen LogP contribution < -0.4 is 36.4 Å². The summed E-state index contributed by atoms with van der Waals surface area (Å²) in [5.74, 6) is -0.313. The maximum Gasteiger partial charge on any atom is 0.272 e. The molecule has 1 aliphatic heterocycles. The molecule has 0 spiro atoms. The molecule has 12 nitrogen and oxygen atoms in total. The second kappa shape index (κ2) is 14.5. The molecule has 176 valence electrons. The van der Waals surface area contributed by atoms with Crippen LogP contribution in [0.2, 0.25) is 0 Å². The fourth-order valence-electron chi connectivity index (χ4n) is 2.41. The number of thiol groups is 1. The van der Waals surface area contributed by atoms with E-state index >= 15 is 0 Å². The van der Waals surface area contributed by atoms with Crippen molar-refractivity contribution >= 4 is 60.3 Å². The number of amidine groups is 1. The summed E-state index contributed by atoms with van der Waals surface area (Å²) in [6.07, 6.45) is 0. The molecule has 0 unspecified atom stereocenters. The van der Waals surface area contributed by atoms with E-state index in [1.165, 1.54) is 5.37 Å². The summed E-state index contributed by atoms with van der Waals surface area (Å²) in [4.78, 5) is 29.4. The average molecular weight is 504 g/mol. The quantitative estimate of drug-likeness (QED) is 0.0172. The highest BCUT2D eigenvalue weighted by molar-refractivity contribution is 7.95. The lowest BCUT2D eigenvalue weighted by Gasteiger charge is -2.34. The van der Waals surface area contributed by atoms with Crippen molar-refractivity contribution < 1.29 is 23.7 Å². The van der Waals surface area contributed by atoms with Crippen molar-refractivity contribution in [2.45, 2.75) is 19.0 Å². The highest BCUT2D eigenvalue weighted by atomic mass is 32.2. The Kier molecular flexibility index (Phi) is 12.4. The van der Waals surface area contributed by atoms with Crippen molar-refractivity contribution in [3.8, 4) is 5.75 Å². The van der Waals surface area contributed by atoms with Gasteiger partial charge >= 0.3 is 0 Å². The molecule has 1 saturated heterocycles. The Labute approximate surface area is 200 Å². The highest BCUT2D eigenvalue weighted by Gasteiger charge is 2.37. The number of benzene rings is 1. The Bertz CT molecular complexity index is 838. The van der Waals surface area contributed by atoms with Crippen LogP contribution in [0.25, 0.3) is 0 Å². The molecule has 1 fully saturated rings. The van der Waals surface area contributed by atoms with E-state index in [1.54, 1.807) is 31.2 Å². The summed E-state index contributed by atoms with van der Waals surface area (Å²) in [5.41, 5.74) is 8.71. The molecule has 15 heteroatoms. The van der Waals surface area contributed by atoms with Gasteiger partial charge in [-0.25, -0.2) is 0 Å². The van der Waals surface area contributed by atoms with E-state index in [0.29, 0.717) is 11.3 Å². The predicted octanol–water partition coefficient (Wildman–Crippen LogP) is -0.414. The number of nitrogens with one attached hydrogen (secondary N) is 5. The van der Waals surface area contributed by atoms with E-state index < -0.39 is 11.9 Å². The molecular formula is C17H25N7O5S3. The summed E-state index contributed by atoms with van der Waals surface area (Å²) in [5, 5.41) is 19.2. The molecule has 1 aliphatic rings. The number of β-lactam (4-membered cyclic amide) rings is 1. The van der Waals surface area contributed by atoms with E-state index in [4.69, 9.17) is 42.6 Å². The zero-order valence-electron chi connectivity index (χ0n) is 17.0. The van der Waals surface area contributed by atoms with Crippen molar-refractivity contribution in [3.63, 3.8) is 0 Å². The first-order valence-corrected chi connectivity index (χ1v) is 10.7. The minimum atomic E-state index is -0.646. The van der Waals surface area contributed by atoms with E-state index in [-0.39, 0.29) is 42.4 Å². The number of hydrogen-bond acceptors (Lipinski definition) is 12. The number of hydroxylamine groups is 1. The van der Waals surface area contributed by atoms with Crippen molar-refractivity contribution in [2.24, 2.45) is 10.9 Å². The number of rotatable bonds is 12. The Morgan fingerprint density at radius 1 is 1.38 bits per heavy atom. The van der Waals surface area contributed by atoms with Crippen molar-refractivity contribution in [3.05, 3.63) is 41.2 Å². The number of carbonyl (C=O) groups excluding carboxylic acids is 2. The Morgan fingerprint density at radius 2 is 2.03 bits per heavy atom. The minimum Gasteiger partial charge on any atom is -0.491 e. The molecule has 2 atom stereocenters. The topological polar surface area (TPSA) is 197 Å². The first kappa shape index (κ1) is 27.5. The lowest BCUT2D eigenvalue weighted by atomic mass is 10.0. The van der Waals surface area contributed by atoms with Gasteiger partial charge in [-0.15, -0.1) is 0 Å². The minimum absolute atomic E-state index is 0.0272. The van der Waals surface area contributed by atoms with Gasteiger partial charge in [0.25, 0.3) is 5.91 Å². The van der Waals surface area contributed by atoms with Crippen LogP contribution in [0.4, 0.5) is 0 Å². The van der Waals surface area contributed by atoms with Crippen molar-refractivity contribution in [1.29, 1.82) is 5.41 Å². The summed E-state index contributed by atoms with van der Waals surface area (Å²) >= 11 is 8.20. The SMILES string of the molecule is C[C@H]1NC(=O)[C@H]1NC(=O)/C(NOCCOc1ccc(C(=N)N)cc1)=C(\C=S)NSN.OS. The molecule has 2 amide bonds. The van der Waals surface area contributed by atoms with Crippen LogP contribution in [0.15, 0.2) is 35.7 Å². The van der Waals surface area contributed by atoms with Gasteiger partial charge in [0.15, 0.2) is 5.70 Å². The number of nitrogen functional groups attached to an aromatic ring is 1. The molecule has 0 saturated carbocycles. The van der Waals surface area contributed by atoms with Crippen LogP contribution in [0, 0.1) is 5.41 Å². The van der Waals surface area contributed by atoms with Gasteiger partial charge in [0.1, 0.15) is 30.8 Å². The van der Waals surface area contributed by atoms with E-state index in [0.717, 1.165) is 12.1 Å². The number of allylic oxidation sites excluding steroid dienone is 1. The van der Waals surface area contributed by atoms with Crippen molar-refractivity contribution in [1.82, 2.24) is 20.8 Å². The maximum atomic E-state index is 12.6. The Balaban J connectivity index is 0.00000249. The fraction of sp³-hybridized carbons (Fsp3) is 0.294. The van der Waals surface area contributed by atoms with Crippen LogP contribution in [0.5, 0.6) is 5.75 Å². The first-order chi connectivity index (χ1) is 15.4. The molecule has 1 aromatic rings. The lowest BCUT2D eigenvalue weighted by molar-refractivity contribution is -0.135. The van der Waals surface area contributed by atoms with Gasteiger partial charge in [-0.1, -0.05) is 12.2 Å². The average Bonchev–Trinajstić information content (AvgIpc) is 2.80. The molecule has 0 aromatic heterocycles. The molecular weight excluding hydrogens is 478 g/mol. The van der Waals surface area contributed by atoms with Crippen LogP contribution >= 0.6 is 37.3 Å². The van der Waals surface area contributed by atoms with Gasteiger partial charge in [0.2, 0.25) is 5.91 Å². The summed E-state index contributed by atoms with van der Waals surface area (Å²) in [6.45, 7) is 2.04. The monoisotopic (exact) mass is 503 g/mol. The number of ether oxygens (including phenoxy) is 1. The van der Waals surface area contributed by atoms with E-state index in [2.05, 4.69) is 33.7 Å². The van der Waals surface area contributed by atoms with Gasteiger partial charge in [-0.2, -0.15) is 0 Å². The molecule has 1 heterocycles. The molecule has 0 aliphatic carbocycles. The number of thiocarbonyl (C=S) groups is 1. The van der Waals surface area contributed by atoms with E-state index in [9.17, 15) is 9.59 Å². The van der Waals surface area contributed by atoms with Gasteiger partial charge in [-0.05, 0) is 44.1 Å². The van der Waals surface area contributed by atoms with Gasteiger partial charge < -0.3 is 30.4 Å². The van der Waals surface area contributed by atoms with Crippen LogP contribution in [0.1, 0.15) is 12.5 Å². The molecule has 0 bridgehead atoms. The normalized spacial score (nSPS) is 17.3. The maximum absolute atomic E-state index is 12.6. The summed E-state index contributed by atoms with van der Waals surface area (Å²) in [6, 6.07) is 5.87. The third kappa shape index (κ3) is 8.18. The number of amides is 2. The van der Waals surface area contributed by atoms with Gasteiger partial charge in [0, 0.05) is 23.1 Å². The number of nitrogens with two attached hydrogens (primary N) is 2. The zero-order valence-corrected chi connectivity index (χ0v) is 19.5. The van der Waals surface area contributed by atoms with Crippen LogP contribution in [-0.4, -0.2) is 52.9 Å².